The van der Waals surface area contributed by atoms with Gasteiger partial charge < -0.3 is 14.7 Å². The minimum absolute atomic E-state index is 0.0941. The monoisotopic (exact) mass is 455 g/mol. The number of thioether (sulfide) groups is 1. The second-order valence-corrected chi connectivity index (χ2v) is 9.85. The van der Waals surface area contributed by atoms with Gasteiger partial charge in [0, 0.05) is 37.4 Å². The molecule has 0 aliphatic carbocycles. The molecule has 172 valence electrons. The van der Waals surface area contributed by atoms with Crippen LogP contribution in [0.15, 0.2) is 35.5 Å². The van der Waals surface area contributed by atoms with E-state index in [0.717, 1.165) is 35.8 Å². The van der Waals surface area contributed by atoms with Crippen LogP contribution in [0.5, 0.6) is 5.75 Å². The number of pyridine rings is 1. The van der Waals surface area contributed by atoms with Crippen molar-refractivity contribution in [3.63, 3.8) is 0 Å². The summed E-state index contributed by atoms with van der Waals surface area (Å²) in [5.41, 5.74) is 4.33. The Labute approximate surface area is 195 Å². The van der Waals surface area contributed by atoms with E-state index in [1.807, 2.05) is 29.4 Å². The molecule has 3 heterocycles. The van der Waals surface area contributed by atoms with Gasteiger partial charge in [-0.25, -0.2) is 4.98 Å². The number of carbonyl (C=O) groups is 1. The highest BCUT2D eigenvalue weighted by Crippen LogP contribution is 2.39. The molecule has 1 unspecified atom stereocenters. The number of rotatable bonds is 7. The molecular weight excluding hydrogens is 422 g/mol. The van der Waals surface area contributed by atoms with Crippen LogP contribution in [0.1, 0.15) is 53.4 Å². The Balaban J connectivity index is 1.44. The van der Waals surface area contributed by atoms with Crippen molar-refractivity contribution in [3.05, 3.63) is 52.7 Å². The molecule has 2 saturated heterocycles. The Morgan fingerprint density at radius 2 is 1.97 bits per heavy atom. The summed E-state index contributed by atoms with van der Waals surface area (Å²) in [6.45, 7) is 10.2. The normalized spacial score (nSPS) is 22.2. The first kappa shape index (κ1) is 23.1. The minimum atomic E-state index is -0.488. The third kappa shape index (κ3) is 4.38. The highest BCUT2D eigenvalue weighted by atomic mass is 32.2. The minimum Gasteiger partial charge on any atom is -0.491 e. The van der Waals surface area contributed by atoms with Gasteiger partial charge in [-0.3, -0.25) is 9.69 Å². The van der Waals surface area contributed by atoms with E-state index >= 15 is 0 Å². The van der Waals surface area contributed by atoms with Gasteiger partial charge in [-0.1, -0.05) is 6.07 Å². The number of aliphatic hydroxyl groups excluding tert-OH is 1. The van der Waals surface area contributed by atoms with Crippen molar-refractivity contribution in [2.75, 3.05) is 26.0 Å². The molecule has 1 N–H and O–H groups in total. The first-order chi connectivity index (χ1) is 15.3. The van der Waals surface area contributed by atoms with Crippen molar-refractivity contribution in [2.45, 2.75) is 63.4 Å². The smallest absolute Gasteiger partial charge is 0.255 e. The molecule has 32 heavy (non-hydrogen) atoms. The summed E-state index contributed by atoms with van der Waals surface area (Å²) in [4.78, 5) is 22.0. The molecule has 2 aromatic rings. The predicted molar refractivity (Wildman–Crippen MR) is 127 cm³/mol. The van der Waals surface area contributed by atoms with E-state index in [-0.39, 0.29) is 18.0 Å². The van der Waals surface area contributed by atoms with E-state index < -0.39 is 6.10 Å². The van der Waals surface area contributed by atoms with E-state index in [2.05, 4.69) is 36.7 Å². The van der Waals surface area contributed by atoms with Crippen LogP contribution in [-0.4, -0.2) is 69.9 Å². The number of aliphatic hydroxyl groups is 1. The van der Waals surface area contributed by atoms with Crippen LogP contribution >= 0.6 is 11.8 Å². The van der Waals surface area contributed by atoms with Crippen LogP contribution in [0, 0.1) is 13.8 Å². The van der Waals surface area contributed by atoms with Crippen LogP contribution in [0.4, 0.5) is 0 Å². The van der Waals surface area contributed by atoms with Gasteiger partial charge in [0.1, 0.15) is 12.4 Å². The van der Waals surface area contributed by atoms with Crippen LogP contribution in [0.3, 0.4) is 0 Å². The molecule has 4 atom stereocenters. The summed E-state index contributed by atoms with van der Waals surface area (Å²) in [5, 5.41) is 10.4. The highest BCUT2D eigenvalue weighted by molar-refractivity contribution is 7.98. The molecule has 2 bridgehead atoms. The largest absolute Gasteiger partial charge is 0.491 e. The topological polar surface area (TPSA) is 65.9 Å². The van der Waals surface area contributed by atoms with Crippen LogP contribution in [0.25, 0.3) is 0 Å². The number of hydrogen-bond acceptors (Lipinski definition) is 6. The first-order valence-corrected chi connectivity index (χ1v) is 12.5. The van der Waals surface area contributed by atoms with Crippen molar-refractivity contribution in [1.82, 2.24) is 14.8 Å². The average Bonchev–Trinajstić information content (AvgIpc) is 3.40. The van der Waals surface area contributed by atoms with Crippen molar-refractivity contribution in [3.8, 4) is 5.75 Å². The molecule has 0 radical (unpaired) electrons. The van der Waals surface area contributed by atoms with Gasteiger partial charge in [-0.05, 0) is 75.3 Å². The number of piperazine rings is 1. The van der Waals surface area contributed by atoms with Gasteiger partial charge >= 0.3 is 0 Å². The van der Waals surface area contributed by atoms with Crippen LogP contribution < -0.4 is 4.74 Å². The predicted octanol–water partition coefficient (Wildman–Crippen LogP) is 3.84. The SMILES string of the molecule is CSc1ccc(C(=O)N2C[C@@H]3C[C@H]2CN3[C@@H](C)c2ccc(OCC(C)O)c(C)c2C)cn1. The lowest BCUT2D eigenvalue weighted by Gasteiger charge is -2.38. The average molecular weight is 456 g/mol. The van der Waals surface area contributed by atoms with Gasteiger partial charge in [-0.15, -0.1) is 11.8 Å². The lowest BCUT2D eigenvalue weighted by molar-refractivity contribution is 0.0568. The van der Waals surface area contributed by atoms with Crippen molar-refractivity contribution in [2.24, 2.45) is 0 Å². The second kappa shape index (κ2) is 9.41. The standard InChI is InChI=1S/C25H33N3O3S/c1-15(29)14-31-23-8-7-22(16(2)17(23)3)18(4)27-12-21-10-20(27)13-28(21)25(30)19-6-9-24(32-5)26-11-19/h6-9,11,15,18,20-21,29H,10,12-14H2,1-5H3/t15?,18-,20-,21-/m0/s1. The Morgan fingerprint density at radius 3 is 2.56 bits per heavy atom. The Hall–Kier alpha value is -2.09. The lowest BCUT2D eigenvalue weighted by Crippen LogP contribution is -2.49. The van der Waals surface area contributed by atoms with Crippen molar-refractivity contribution >= 4 is 17.7 Å². The number of amides is 1. The maximum atomic E-state index is 13.1. The molecule has 2 aliphatic heterocycles. The molecule has 0 spiro atoms. The van der Waals surface area contributed by atoms with E-state index in [1.165, 1.54) is 11.1 Å². The number of ether oxygens (including phenoxy) is 1. The van der Waals surface area contributed by atoms with E-state index in [4.69, 9.17) is 4.74 Å². The number of benzene rings is 1. The van der Waals surface area contributed by atoms with Crippen molar-refractivity contribution < 1.29 is 14.6 Å². The number of fused-ring (bicyclic) bond motifs is 2. The van der Waals surface area contributed by atoms with E-state index in [1.54, 1.807) is 24.9 Å². The highest BCUT2D eigenvalue weighted by Gasteiger charge is 2.47. The summed E-state index contributed by atoms with van der Waals surface area (Å²) >= 11 is 1.58. The zero-order chi connectivity index (χ0) is 23.0. The maximum absolute atomic E-state index is 13.1. The molecule has 2 aliphatic rings. The van der Waals surface area contributed by atoms with Gasteiger partial charge in [0.2, 0.25) is 0 Å². The van der Waals surface area contributed by atoms with Gasteiger partial charge in [-0.2, -0.15) is 0 Å². The number of hydrogen-bond donors (Lipinski definition) is 1. The molecule has 1 aromatic carbocycles. The molecular formula is C25H33N3O3S. The van der Waals surface area contributed by atoms with Gasteiger partial charge in [0.15, 0.2) is 0 Å². The van der Waals surface area contributed by atoms with Crippen molar-refractivity contribution in [1.29, 1.82) is 0 Å². The van der Waals surface area contributed by atoms with Gasteiger partial charge in [0.25, 0.3) is 5.91 Å². The summed E-state index contributed by atoms with van der Waals surface area (Å²) in [5.74, 6) is 0.928. The quantitative estimate of drug-likeness (QED) is 0.640. The molecule has 7 heteroatoms. The van der Waals surface area contributed by atoms with Crippen LogP contribution in [0.2, 0.25) is 0 Å². The number of nitrogens with zero attached hydrogens (tertiary/aromatic N) is 3. The fourth-order valence-corrected chi connectivity index (χ4v) is 5.39. The molecule has 4 rings (SSSR count). The third-order valence-electron chi connectivity index (χ3n) is 6.94. The summed E-state index contributed by atoms with van der Waals surface area (Å²) < 4.78 is 5.77. The fourth-order valence-electron chi connectivity index (χ4n) is 5.03. The summed E-state index contributed by atoms with van der Waals surface area (Å²) in [6.07, 6.45) is 4.23. The zero-order valence-electron chi connectivity index (χ0n) is 19.5. The zero-order valence-corrected chi connectivity index (χ0v) is 20.4. The molecule has 6 nitrogen and oxygen atoms in total. The molecule has 2 fully saturated rings. The molecule has 0 saturated carbocycles. The Morgan fingerprint density at radius 1 is 1.19 bits per heavy atom. The van der Waals surface area contributed by atoms with E-state index in [9.17, 15) is 9.90 Å². The number of likely N-dealkylation sites (tertiary alicyclic amines) is 2. The lowest BCUT2D eigenvalue weighted by atomic mass is 9.96. The fraction of sp³-hybridized carbons (Fsp3) is 0.520. The molecule has 1 amide bonds. The Bertz CT molecular complexity index is 979. The first-order valence-electron chi connectivity index (χ1n) is 11.3. The Kier molecular flexibility index (Phi) is 6.79. The number of aromatic nitrogens is 1. The van der Waals surface area contributed by atoms with Crippen LogP contribution in [-0.2, 0) is 0 Å². The van der Waals surface area contributed by atoms with Gasteiger partial charge in [0.05, 0.1) is 16.7 Å². The second-order valence-electron chi connectivity index (χ2n) is 9.03. The maximum Gasteiger partial charge on any atom is 0.255 e. The summed E-state index contributed by atoms with van der Waals surface area (Å²) in [6, 6.07) is 8.88. The van der Waals surface area contributed by atoms with E-state index in [0.29, 0.717) is 18.2 Å². The molecule has 1 aromatic heterocycles. The summed E-state index contributed by atoms with van der Waals surface area (Å²) in [7, 11) is 0. The third-order valence-corrected chi connectivity index (χ3v) is 7.60. The number of carbonyl (C=O) groups excluding carboxylic acids is 1.